The number of aliphatic hydroxyl groups excluding tert-OH is 1. The van der Waals surface area contributed by atoms with E-state index < -0.39 is 0 Å². The predicted molar refractivity (Wildman–Crippen MR) is 73.0 cm³/mol. The Morgan fingerprint density at radius 3 is 2.76 bits per heavy atom. The Morgan fingerprint density at radius 1 is 1.47 bits per heavy atom. The molecule has 0 bridgehead atoms. The second-order valence-corrected chi connectivity index (χ2v) is 5.09. The van der Waals surface area contributed by atoms with Crippen LogP contribution in [0.5, 0.6) is 5.75 Å². The summed E-state index contributed by atoms with van der Waals surface area (Å²) < 4.78 is 5.61. The Kier molecular flexibility index (Phi) is 4.90. The predicted octanol–water partition coefficient (Wildman–Crippen LogP) is 2.26. The second kappa shape index (κ2) is 5.98. The molecule has 0 fully saturated rings. The minimum Gasteiger partial charge on any atom is -0.494 e. The van der Waals surface area contributed by atoms with Gasteiger partial charge in [-0.3, -0.25) is 0 Å². The quantitative estimate of drug-likeness (QED) is 0.764. The van der Waals surface area contributed by atoms with Gasteiger partial charge in [-0.15, -0.1) is 0 Å². The molecule has 0 aromatic heterocycles. The summed E-state index contributed by atoms with van der Waals surface area (Å²) in [4.78, 5) is 0.505. The van der Waals surface area contributed by atoms with Crippen molar-refractivity contribution >= 4 is 17.2 Å². The minimum atomic E-state index is -0.191. The third-order valence-electron chi connectivity index (χ3n) is 2.74. The number of thiocarbonyl (C=S) groups is 1. The molecule has 0 heterocycles. The molecule has 1 aromatic rings. The Morgan fingerprint density at radius 2 is 2.18 bits per heavy atom. The van der Waals surface area contributed by atoms with Crippen molar-refractivity contribution in [3.63, 3.8) is 0 Å². The third kappa shape index (κ3) is 4.32. The zero-order chi connectivity index (χ0) is 12.9. The van der Waals surface area contributed by atoms with Gasteiger partial charge in [0.25, 0.3) is 0 Å². The van der Waals surface area contributed by atoms with Crippen LogP contribution in [0.1, 0.15) is 25.8 Å². The molecular weight excluding hydrogens is 234 g/mol. The number of hydrogen-bond donors (Lipinski definition) is 2. The lowest BCUT2D eigenvalue weighted by Crippen LogP contribution is -2.31. The summed E-state index contributed by atoms with van der Waals surface area (Å²) in [6.07, 6.45) is 0.770. The van der Waals surface area contributed by atoms with Crippen molar-refractivity contribution in [2.75, 3.05) is 6.61 Å². The normalized spacial score (nSPS) is 11.2. The van der Waals surface area contributed by atoms with Gasteiger partial charge in [0.1, 0.15) is 5.75 Å². The third-order valence-corrected chi connectivity index (χ3v) is 3.30. The van der Waals surface area contributed by atoms with E-state index in [4.69, 9.17) is 27.8 Å². The Hall–Kier alpha value is -1.13. The number of aliphatic hydroxyl groups is 1. The van der Waals surface area contributed by atoms with Crippen LogP contribution in [0.25, 0.3) is 0 Å². The number of nitrogens with two attached hydrogens (primary N) is 1. The fourth-order valence-corrected chi connectivity index (χ4v) is 1.38. The van der Waals surface area contributed by atoms with Crippen LogP contribution < -0.4 is 10.5 Å². The van der Waals surface area contributed by atoms with Gasteiger partial charge in [-0.05, 0) is 24.1 Å². The number of ether oxygens (including phenoxy) is 1. The van der Waals surface area contributed by atoms with E-state index in [0.717, 1.165) is 17.7 Å². The molecule has 0 radical (unpaired) electrons. The molecule has 17 heavy (non-hydrogen) atoms. The molecule has 0 aliphatic rings. The Balaban J connectivity index is 2.48. The lowest BCUT2D eigenvalue weighted by Gasteiger charge is -2.22. The maximum atomic E-state index is 9.00. The van der Waals surface area contributed by atoms with Crippen molar-refractivity contribution in [2.24, 2.45) is 11.1 Å². The van der Waals surface area contributed by atoms with Crippen LogP contribution in [0.4, 0.5) is 0 Å². The van der Waals surface area contributed by atoms with Crippen LogP contribution in [-0.2, 0) is 6.61 Å². The Bertz CT molecular complexity index is 391. The van der Waals surface area contributed by atoms with Crippen molar-refractivity contribution in [1.82, 2.24) is 0 Å². The van der Waals surface area contributed by atoms with E-state index in [-0.39, 0.29) is 12.0 Å². The van der Waals surface area contributed by atoms with E-state index in [2.05, 4.69) is 0 Å². The van der Waals surface area contributed by atoms with Gasteiger partial charge in [-0.25, -0.2) is 0 Å². The largest absolute Gasteiger partial charge is 0.494 e. The van der Waals surface area contributed by atoms with Crippen molar-refractivity contribution in [1.29, 1.82) is 0 Å². The van der Waals surface area contributed by atoms with E-state index in [1.165, 1.54) is 0 Å². The lowest BCUT2D eigenvalue weighted by molar-refractivity contribution is 0.265. The van der Waals surface area contributed by atoms with Crippen LogP contribution in [0, 0.1) is 5.41 Å². The zero-order valence-corrected chi connectivity index (χ0v) is 11.1. The highest BCUT2D eigenvalue weighted by atomic mass is 32.1. The first-order valence-corrected chi connectivity index (χ1v) is 5.99. The topological polar surface area (TPSA) is 55.5 Å². The molecule has 4 heteroatoms. The number of hydrogen-bond acceptors (Lipinski definition) is 3. The standard InChI is InChI=1S/C13H19NO2S/c1-13(2,12(14)17)6-7-16-11-5-3-4-10(8-11)9-15/h3-5,8,15H,6-7,9H2,1-2H3,(H2,14,17). The molecule has 3 nitrogen and oxygen atoms in total. The van der Waals surface area contributed by atoms with E-state index >= 15 is 0 Å². The molecule has 0 atom stereocenters. The molecule has 0 amide bonds. The van der Waals surface area contributed by atoms with Gasteiger partial charge in [-0.1, -0.05) is 38.2 Å². The van der Waals surface area contributed by atoms with Crippen LogP contribution in [0.2, 0.25) is 0 Å². The van der Waals surface area contributed by atoms with Crippen LogP contribution >= 0.6 is 12.2 Å². The van der Waals surface area contributed by atoms with Crippen molar-refractivity contribution in [2.45, 2.75) is 26.9 Å². The highest BCUT2D eigenvalue weighted by molar-refractivity contribution is 7.80. The summed E-state index contributed by atoms with van der Waals surface area (Å²) in [7, 11) is 0. The second-order valence-electron chi connectivity index (χ2n) is 4.65. The first kappa shape index (κ1) is 13.9. The fourth-order valence-electron chi connectivity index (χ4n) is 1.28. The van der Waals surface area contributed by atoms with E-state index in [9.17, 15) is 0 Å². The van der Waals surface area contributed by atoms with Gasteiger partial charge in [0.05, 0.1) is 18.2 Å². The highest BCUT2D eigenvalue weighted by Gasteiger charge is 2.21. The SMILES string of the molecule is CC(C)(CCOc1cccc(CO)c1)C(N)=S. The maximum Gasteiger partial charge on any atom is 0.119 e. The molecule has 94 valence electrons. The summed E-state index contributed by atoms with van der Waals surface area (Å²) in [6.45, 7) is 4.58. The minimum absolute atomic E-state index is 0.0234. The highest BCUT2D eigenvalue weighted by Crippen LogP contribution is 2.21. The maximum absolute atomic E-state index is 9.00. The van der Waals surface area contributed by atoms with Gasteiger partial charge in [0.2, 0.25) is 0 Å². The van der Waals surface area contributed by atoms with Crippen molar-refractivity contribution in [3.8, 4) is 5.75 Å². The summed E-state index contributed by atoms with van der Waals surface area (Å²) in [5.74, 6) is 0.760. The van der Waals surface area contributed by atoms with Crippen molar-refractivity contribution < 1.29 is 9.84 Å². The monoisotopic (exact) mass is 253 g/mol. The summed E-state index contributed by atoms with van der Waals surface area (Å²) in [5.41, 5.74) is 6.29. The molecule has 0 aliphatic carbocycles. The molecule has 0 spiro atoms. The van der Waals surface area contributed by atoms with Crippen LogP contribution in [-0.4, -0.2) is 16.7 Å². The first-order valence-electron chi connectivity index (χ1n) is 5.58. The fraction of sp³-hybridized carbons (Fsp3) is 0.462. The van der Waals surface area contributed by atoms with E-state index in [1.807, 2.05) is 38.1 Å². The Labute approximate surface area is 108 Å². The summed E-state index contributed by atoms with van der Waals surface area (Å²) >= 11 is 4.99. The molecule has 0 unspecified atom stereocenters. The van der Waals surface area contributed by atoms with Gasteiger partial charge in [-0.2, -0.15) is 0 Å². The van der Waals surface area contributed by atoms with Crippen molar-refractivity contribution in [3.05, 3.63) is 29.8 Å². The molecule has 0 saturated heterocycles. The molecule has 3 N–H and O–H groups in total. The average Bonchev–Trinajstić information content (AvgIpc) is 2.29. The van der Waals surface area contributed by atoms with Crippen LogP contribution in [0.3, 0.4) is 0 Å². The molecule has 1 aromatic carbocycles. The van der Waals surface area contributed by atoms with Gasteiger partial charge < -0.3 is 15.6 Å². The zero-order valence-electron chi connectivity index (χ0n) is 10.3. The summed E-state index contributed by atoms with van der Waals surface area (Å²) in [6, 6.07) is 7.41. The van der Waals surface area contributed by atoms with E-state index in [0.29, 0.717) is 11.6 Å². The van der Waals surface area contributed by atoms with Gasteiger partial charge in [0, 0.05) is 5.41 Å². The molecule has 0 aliphatic heterocycles. The number of rotatable bonds is 6. The molecular formula is C13H19NO2S. The number of benzene rings is 1. The lowest BCUT2D eigenvalue weighted by atomic mass is 9.90. The van der Waals surface area contributed by atoms with Gasteiger partial charge >= 0.3 is 0 Å². The average molecular weight is 253 g/mol. The molecule has 1 rings (SSSR count). The first-order chi connectivity index (χ1) is 7.95. The smallest absolute Gasteiger partial charge is 0.119 e. The van der Waals surface area contributed by atoms with Gasteiger partial charge in [0.15, 0.2) is 0 Å². The molecule has 0 saturated carbocycles. The van der Waals surface area contributed by atoms with E-state index in [1.54, 1.807) is 0 Å². The van der Waals surface area contributed by atoms with Crippen LogP contribution in [0.15, 0.2) is 24.3 Å². The summed E-state index contributed by atoms with van der Waals surface area (Å²) in [5, 5.41) is 9.00.